The van der Waals surface area contributed by atoms with Gasteiger partial charge in [-0.2, -0.15) is 0 Å². The molecule has 5 rings (SSSR count). The number of hydrogen-bond acceptors (Lipinski definition) is 5. The zero-order valence-electron chi connectivity index (χ0n) is 18.7. The van der Waals surface area contributed by atoms with Crippen molar-refractivity contribution in [2.24, 2.45) is 5.92 Å². The number of rotatable bonds is 9. The summed E-state index contributed by atoms with van der Waals surface area (Å²) >= 11 is 6.16. The maximum Gasteiger partial charge on any atom is 0.264 e. The Balaban J connectivity index is 1.15. The molecule has 1 saturated heterocycles. The second-order valence-electron chi connectivity index (χ2n) is 9.24. The van der Waals surface area contributed by atoms with Gasteiger partial charge in [0.15, 0.2) is 0 Å². The standard InChI is InChI=1S/C25H27BrF2N2O2S2/c26-21-6-5-18(11-23(21)28)34-30-9-7-15(8-10-30)14-32-24-13-22(27)20(12-19(24)16-1-2-16)25(31)29-33-17-3-4-17/h5-6,11-13,15-17H,1-4,7-10,14H2,(H,29,31). The minimum atomic E-state index is -0.527. The lowest BCUT2D eigenvalue weighted by atomic mass is 9.99. The Morgan fingerprint density at radius 2 is 1.82 bits per heavy atom. The number of nitrogens with one attached hydrogen (secondary N) is 1. The molecule has 34 heavy (non-hydrogen) atoms. The first-order valence-corrected chi connectivity index (χ1v) is 14.2. The third-order valence-corrected chi connectivity index (χ3v) is 9.22. The first-order chi connectivity index (χ1) is 16.5. The molecule has 4 nitrogen and oxygen atoms in total. The molecule has 1 heterocycles. The van der Waals surface area contributed by atoms with Crippen LogP contribution in [0, 0.1) is 17.6 Å². The molecule has 9 heteroatoms. The van der Waals surface area contributed by atoms with Crippen molar-refractivity contribution in [2.75, 3.05) is 19.7 Å². The topological polar surface area (TPSA) is 41.6 Å². The van der Waals surface area contributed by atoms with E-state index in [-0.39, 0.29) is 17.3 Å². The van der Waals surface area contributed by atoms with Gasteiger partial charge in [-0.15, -0.1) is 0 Å². The molecule has 0 unspecified atom stereocenters. The lowest BCUT2D eigenvalue weighted by Gasteiger charge is -2.31. The van der Waals surface area contributed by atoms with Crippen molar-refractivity contribution in [1.29, 1.82) is 0 Å². The van der Waals surface area contributed by atoms with Gasteiger partial charge in [0.05, 0.1) is 16.6 Å². The monoisotopic (exact) mass is 568 g/mol. The molecule has 1 amide bonds. The van der Waals surface area contributed by atoms with Crippen LogP contribution < -0.4 is 9.46 Å². The molecular formula is C25H27BrF2N2O2S2. The van der Waals surface area contributed by atoms with Crippen molar-refractivity contribution < 1.29 is 18.3 Å². The molecule has 2 aromatic rings. The molecule has 2 aliphatic carbocycles. The van der Waals surface area contributed by atoms with Crippen molar-refractivity contribution in [3.8, 4) is 5.75 Å². The Hall–Kier alpha value is -1.29. The van der Waals surface area contributed by atoms with Gasteiger partial charge in [0.25, 0.3) is 5.91 Å². The van der Waals surface area contributed by atoms with Gasteiger partial charge in [0.2, 0.25) is 0 Å². The number of ether oxygens (including phenoxy) is 1. The van der Waals surface area contributed by atoms with E-state index >= 15 is 0 Å². The Labute approximate surface area is 216 Å². The largest absolute Gasteiger partial charge is 0.493 e. The lowest BCUT2D eigenvalue weighted by Crippen LogP contribution is -2.31. The van der Waals surface area contributed by atoms with Crippen molar-refractivity contribution in [3.63, 3.8) is 0 Å². The first kappa shape index (κ1) is 24.4. The summed E-state index contributed by atoms with van der Waals surface area (Å²) in [4.78, 5) is 13.4. The van der Waals surface area contributed by atoms with Crippen molar-refractivity contribution in [1.82, 2.24) is 9.03 Å². The highest BCUT2D eigenvalue weighted by Gasteiger charge is 2.31. The van der Waals surface area contributed by atoms with Gasteiger partial charge in [-0.05, 0) is 120 Å². The Morgan fingerprint density at radius 1 is 1.06 bits per heavy atom. The summed E-state index contributed by atoms with van der Waals surface area (Å²) in [7, 11) is 0. The number of halogens is 3. The van der Waals surface area contributed by atoms with E-state index in [0.717, 1.165) is 62.1 Å². The lowest BCUT2D eigenvalue weighted by molar-refractivity contribution is 0.0980. The van der Waals surface area contributed by atoms with Crippen LogP contribution >= 0.6 is 39.8 Å². The average Bonchev–Trinajstić information content (AvgIpc) is 3.74. The Kier molecular flexibility index (Phi) is 7.73. The molecule has 182 valence electrons. The minimum Gasteiger partial charge on any atom is -0.493 e. The number of benzene rings is 2. The van der Waals surface area contributed by atoms with Crippen LogP contribution in [0.3, 0.4) is 0 Å². The SMILES string of the molecule is O=C(NSC1CC1)c1cc(C2CC2)c(OCC2CCN(Sc3ccc(Br)c(F)c3)CC2)cc1F. The van der Waals surface area contributed by atoms with Crippen LogP contribution in [0.1, 0.15) is 60.4 Å². The molecule has 0 aromatic heterocycles. The van der Waals surface area contributed by atoms with Gasteiger partial charge in [-0.1, -0.05) is 0 Å². The van der Waals surface area contributed by atoms with Gasteiger partial charge < -0.3 is 4.74 Å². The second-order valence-corrected chi connectivity index (χ2v) is 12.4. The Morgan fingerprint density at radius 3 is 2.50 bits per heavy atom. The number of carbonyl (C=O) groups is 1. The van der Waals surface area contributed by atoms with Crippen LogP contribution in [-0.2, 0) is 0 Å². The van der Waals surface area contributed by atoms with E-state index in [4.69, 9.17) is 4.74 Å². The molecule has 0 radical (unpaired) electrons. The summed E-state index contributed by atoms with van der Waals surface area (Å²) in [6.07, 6.45) is 6.23. The highest BCUT2D eigenvalue weighted by atomic mass is 79.9. The van der Waals surface area contributed by atoms with E-state index in [9.17, 15) is 13.6 Å². The summed E-state index contributed by atoms with van der Waals surface area (Å²) < 4.78 is 40.2. The predicted molar refractivity (Wildman–Crippen MR) is 136 cm³/mol. The predicted octanol–water partition coefficient (Wildman–Crippen LogP) is 6.94. The van der Waals surface area contributed by atoms with Crippen LogP contribution in [0.2, 0.25) is 0 Å². The molecule has 3 aliphatic rings. The smallest absolute Gasteiger partial charge is 0.264 e. The van der Waals surface area contributed by atoms with E-state index in [2.05, 4.69) is 25.0 Å². The van der Waals surface area contributed by atoms with Crippen molar-refractivity contribution in [2.45, 2.75) is 54.6 Å². The van der Waals surface area contributed by atoms with Gasteiger partial charge in [0, 0.05) is 29.3 Å². The maximum absolute atomic E-state index is 14.8. The van der Waals surface area contributed by atoms with E-state index < -0.39 is 5.82 Å². The molecule has 2 aromatic carbocycles. The third-order valence-electron chi connectivity index (χ3n) is 6.38. The van der Waals surface area contributed by atoms with Crippen molar-refractivity contribution in [3.05, 3.63) is 57.6 Å². The molecular weight excluding hydrogens is 542 g/mol. The molecule has 0 spiro atoms. The zero-order chi connectivity index (χ0) is 23.7. The van der Waals surface area contributed by atoms with Gasteiger partial charge in [-0.25, -0.2) is 13.1 Å². The van der Waals surface area contributed by atoms with Crippen LogP contribution in [0.25, 0.3) is 0 Å². The summed E-state index contributed by atoms with van der Waals surface area (Å²) in [5.41, 5.74) is 1.06. The molecule has 2 saturated carbocycles. The molecule has 1 N–H and O–H groups in total. The number of piperidine rings is 1. The highest BCUT2D eigenvalue weighted by Crippen LogP contribution is 2.45. The number of carbonyl (C=O) groups excluding carboxylic acids is 1. The molecule has 0 atom stereocenters. The number of hydrogen-bond donors (Lipinski definition) is 1. The molecule has 3 fully saturated rings. The maximum atomic E-state index is 14.8. The summed E-state index contributed by atoms with van der Waals surface area (Å²) in [5, 5.41) is 0.471. The summed E-state index contributed by atoms with van der Waals surface area (Å²) in [6, 6.07) is 8.29. The van der Waals surface area contributed by atoms with Gasteiger partial charge in [0.1, 0.15) is 17.4 Å². The highest BCUT2D eigenvalue weighted by molar-refractivity contribution is 9.10. The van der Waals surface area contributed by atoms with Crippen LogP contribution in [0.5, 0.6) is 5.75 Å². The second kappa shape index (κ2) is 10.8. The quantitative estimate of drug-likeness (QED) is 0.332. The normalized spacial score (nSPS) is 19.3. The fourth-order valence-corrected chi connectivity index (χ4v) is 6.00. The van der Waals surface area contributed by atoms with Gasteiger partial charge in [-0.3, -0.25) is 9.52 Å². The third kappa shape index (κ3) is 6.28. The fraction of sp³-hybridized carbons (Fsp3) is 0.480. The first-order valence-electron chi connectivity index (χ1n) is 11.8. The van der Waals surface area contributed by atoms with Crippen LogP contribution in [0.15, 0.2) is 39.7 Å². The fourth-order valence-electron chi connectivity index (χ4n) is 4.02. The van der Waals surface area contributed by atoms with Crippen LogP contribution in [0.4, 0.5) is 8.78 Å². The number of amides is 1. The summed E-state index contributed by atoms with van der Waals surface area (Å²) in [6.45, 7) is 2.31. The molecule has 0 bridgehead atoms. The minimum absolute atomic E-state index is 0.108. The zero-order valence-corrected chi connectivity index (χ0v) is 21.9. The summed E-state index contributed by atoms with van der Waals surface area (Å²) in [5.74, 6) is 0.166. The van der Waals surface area contributed by atoms with E-state index in [1.807, 2.05) is 6.07 Å². The van der Waals surface area contributed by atoms with Crippen molar-refractivity contribution >= 4 is 45.7 Å². The average molecular weight is 570 g/mol. The van der Waals surface area contributed by atoms with Crippen LogP contribution in [-0.4, -0.2) is 35.2 Å². The number of nitrogens with zero attached hydrogens (tertiary/aromatic N) is 1. The van der Waals surface area contributed by atoms with E-state index in [1.54, 1.807) is 30.1 Å². The molecule has 1 aliphatic heterocycles. The van der Waals surface area contributed by atoms with E-state index in [0.29, 0.717) is 33.9 Å². The van der Waals surface area contributed by atoms with E-state index in [1.165, 1.54) is 18.0 Å². The van der Waals surface area contributed by atoms with Gasteiger partial charge >= 0.3 is 0 Å². The Bertz CT molecular complexity index is 1060.